The third-order valence-corrected chi connectivity index (χ3v) is 4.54. The molecule has 0 spiro atoms. The van der Waals surface area contributed by atoms with Gasteiger partial charge in [-0.25, -0.2) is 4.79 Å². The molecule has 1 aromatic carbocycles. The van der Waals surface area contributed by atoms with E-state index in [0.29, 0.717) is 31.1 Å². The Bertz CT molecular complexity index is 612. The zero-order valence-electron chi connectivity index (χ0n) is 13.4. The van der Waals surface area contributed by atoms with Crippen LogP contribution in [0.1, 0.15) is 18.4 Å². The van der Waals surface area contributed by atoms with Gasteiger partial charge >= 0.3 is 6.03 Å². The highest BCUT2D eigenvalue weighted by atomic mass is 16.5. The van der Waals surface area contributed by atoms with Gasteiger partial charge in [-0.3, -0.25) is 4.79 Å². The number of urea groups is 1. The normalized spacial score (nSPS) is 18.3. The zero-order chi connectivity index (χ0) is 16.4. The quantitative estimate of drug-likeness (QED) is 0.857. The van der Waals surface area contributed by atoms with Gasteiger partial charge in [-0.2, -0.15) is 0 Å². The minimum absolute atomic E-state index is 0.103. The molecule has 0 aromatic heterocycles. The first-order chi connectivity index (χ1) is 11.2. The Labute approximate surface area is 135 Å². The SMILES string of the molecule is COc1cc2c(cc1OC)NC(=O)N(C1CCN(C=O)CC1)C2. The molecule has 1 N–H and O–H groups in total. The van der Waals surface area contributed by atoms with Crippen LogP contribution >= 0.6 is 0 Å². The van der Waals surface area contributed by atoms with Crippen LogP contribution in [-0.4, -0.2) is 55.6 Å². The number of anilines is 1. The topological polar surface area (TPSA) is 71.1 Å². The monoisotopic (exact) mass is 319 g/mol. The van der Waals surface area contributed by atoms with Crippen LogP contribution in [0.25, 0.3) is 0 Å². The largest absolute Gasteiger partial charge is 0.493 e. The highest BCUT2D eigenvalue weighted by molar-refractivity contribution is 5.93. The Hall–Kier alpha value is -2.44. The lowest BCUT2D eigenvalue weighted by Crippen LogP contribution is -2.49. The third kappa shape index (κ3) is 2.91. The molecule has 1 saturated heterocycles. The summed E-state index contributed by atoms with van der Waals surface area (Å²) in [6.07, 6.45) is 2.47. The molecule has 23 heavy (non-hydrogen) atoms. The predicted molar refractivity (Wildman–Crippen MR) is 84.8 cm³/mol. The number of benzene rings is 1. The summed E-state index contributed by atoms with van der Waals surface area (Å²) < 4.78 is 10.6. The lowest BCUT2D eigenvalue weighted by atomic mass is 10.0. The first-order valence-corrected chi connectivity index (χ1v) is 7.68. The summed E-state index contributed by atoms with van der Waals surface area (Å²) in [5.41, 5.74) is 1.76. The lowest BCUT2D eigenvalue weighted by Gasteiger charge is -2.39. The Morgan fingerprint density at radius 2 is 1.83 bits per heavy atom. The van der Waals surface area contributed by atoms with Gasteiger partial charge in [0.1, 0.15) is 0 Å². The third-order valence-electron chi connectivity index (χ3n) is 4.54. The van der Waals surface area contributed by atoms with Crippen molar-refractivity contribution < 1.29 is 19.1 Å². The van der Waals surface area contributed by atoms with Gasteiger partial charge in [0.25, 0.3) is 0 Å². The number of ether oxygens (including phenoxy) is 2. The molecular formula is C16H21N3O4. The maximum absolute atomic E-state index is 12.4. The van der Waals surface area contributed by atoms with Gasteiger partial charge in [0, 0.05) is 31.7 Å². The van der Waals surface area contributed by atoms with E-state index in [-0.39, 0.29) is 12.1 Å². The summed E-state index contributed by atoms with van der Waals surface area (Å²) in [5.74, 6) is 1.25. The summed E-state index contributed by atoms with van der Waals surface area (Å²) in [7, 11) is 3.17. The van der Waals surface area contributed by atoms with Gasteiger partial charge in [0.2, 0.25) is 6.41 Å². The maximum Gasteiger partial charge on any atom is 0.322 e. The number of nitrogens with zero attached hydrogens (tertiary/aromatic N) is 2. The van der Waals surface area contributed by atoms with E-state index in [1.807, 2.05) is 11.0 Å². The molecule has 124 valence electrons. The summed E-state index contributed by atoms with van der Waals surface area (Å²) in [5, 5.41) is 2.93. The number of carbonyl (C=O) groups is 2. The summed E-state index contributed by atoms with van der Waals surface area (Å²) >= 11 is 0. The fourth-order valence-corrected chi connectivity index (χ4v) is 3.21. The van der Waals surface area contributed by atoms with Crippen molar-refractivity contribution in [2.75, 3.05) is 32.6 Å². The van der Waals surface area contributed by atoms with Crippen molar-refractivity contribution in [2.45, 2.75) is 25.4 Å². The zero-order valence-corrected chi connectivity index (χ0v) is 13.4. The Morgan fingerprint density at radius 1 is 1.17 bits per heavy atom. The van der Waals surface area contributed by atoms with Crippen LogP contribution in [0.2, 0.25) is 0 Å². The number of methoxy groups -OCH3 is 2. The highest BCUT2D eigenvalue weighted by Crippen LogP contribution is 2.36. The molecular weight excluding hydrogens is 298 g/mol. The average molecular weight is 319 g/mol. The second kappa shape index (κ2) is 6.36. The van der Waals surface area contributed by atoms with Crippen molar-refractivity contribution in [1.29, 1.82) is 0 Å². The Balaban J connectivity index is 1.80. The Morgan fingerprint density at radius 3 is 2.43 bits per heavy atom. The molecule has 7 nitrogen and oxygen atoms in total. The first-order valence-electron chi connectivity index (χ1n) is 7.68. The standard InChI is InChI=1S/C16H21N3O4/c1-22-14-7-11-9-19(12-3-5-18(10-20)6-4-12)16(21)17-13(11)8-15(14)23-2/h7-8,10,12H,3-6,9H2,1-2H3,(H,17,21). The summed E-state index contributed by atoms with van der Waals surface area (Å²) in [6, 6.07) is 3.74. The van der Waals surface area contributed by atoms with Crippen LogP contribution in [0.4, 0.5) is 10.5 Å². The van der Waals surface area contributed by atoms with Gasteiger partial charge < -0.3 is 24.6 Å². The van der Waals surface area contributed by atoms with Crippen molar-refractivity contribution in [3.63, 3.8) is 0 Å². The van der Waals surface area contributed by atoms with E-state index >= 15 is 0 Å². The number of amides is 3. The average Bonchev–Trinajstić information content (AvgIpc) is 2.60. The van der Waals surface area contributed by atoms with Crippen LogP contribution in [0.3, 0.4) is 0 Å². The van der Waals surface area contributed by atoms with Crippen molar-refractivity contribution in [2.24, 2.45) is 0 Å². The van der Waals surface area contributed by atoms with Gasteiger partial charge in [-0.05, 0) is 24.5 Å². The van der Waals surface area contributed by atoms with E-state index in [0.717, 1.165) is 30.5 Å². The molecule has 2 aliphatic heterocycles. The smallest absolute Gasteiger partial charge is 0.322 e. The van der Waals surface area contributed by atoms with E-state index in [9.17, 15) is 9.59 Å². The number of piperidine rings is 1. The molecule has 0 radical (unpaired) electrons. The lowest BCUT2D eigenvalue weighted by molar-refractivity contribution is -0.119. The molecule has 1 aromatic rings. The van der Waals surface area contributed by atoms with Gasteiger partial charge in [0.15, 0.2) is 11.5 Å². The van der Waals surface area contributed by atoms with Crippen LogP contribution in [0.15, 0.2) is 12.1 Å². The van der Waals surface area contributed by atoms with E-state index in [1.165, 1.54) is 0 Å². The number of nitrogens with one attached hydrogen (secondary N) is 1. The van der Waals surface area contributed by atoms with Crippen LogP contribution < -0.4 is 14.8 Å². The van der Waals surface area contributed by atoms with E-state index in [2.05, 4.69) is 5.32 Å². The van der Waals surface area contributed by atoms with Crippen LogP contribution in [0, 0.1) is 0 Å². The number of fused-ring (bicyclic) bond motifs is 1. The van der Waals surface area contributed by atoms with Crippen LogP contribution in [-0.2, 0) is 11.3 Å². The second-order valence-electron chi connectivity index (χ2n) is 5.79. The van der Waals surface area contributed by atoms with Crippen molar-refractivity contribution >= 4 is 18.1 Å². The molecule has 3 rings (SSSR count). The molecule has 0 aliphatic carbocycles. The number of likely N-dealkylation sites (tertiary alicyclic amines) is 1. The molecule has 7 heteroatoms. The van der Waals surface area contributed by atoms with Crippen LogP contribution in [0.5, 0.6) is 11.5 Å². The molecule has 3 amide bonds. The second-order valence-corrected chi connectivity index (χ2v) is 5.79. The molecule has 2 heterocycles. The summed E-state index contributed by atoms with van der Waals surface area (Å²) in [6.45, 7) is 1.92. The number of rotatable bonds is 4. The molecule has 0 atom stereocenters. The number of carbonyl (C=O) groups excluding carboxylic acids is 2. The van der Waals surface area contributed by atoms with Gasteiger partial charge in [-0.15, -0.1) is 0 Å². The predicted octanol–water partition coefficient (Wildman–Crippen LogP) is 1.67. The number of hydrogen-bond donors (Lipinski definition) is 1. The van der Waals surface area contributed by atoms with Gasteiger partial charge in [0.05, 0.1) is 19.9 Å². The Kier molecular flexibility index (Phi) is 4.27. The van der Waals surface area contributed by atoms with Crippen molar-refractivity contribution in [3.05, 3.63) is 17.7 Å². The molecule has 1 fully saturated rings. The van der Waals surface area contributed by atoms with E-state index in [1.54, 1.807) is 25.2 Å². The minimum Gasteiger partial charge on any atom is -0.493 e. The minimum atomic E-state index is -0.103. The van der Waals surface area contributed by atoms with E-state index in [4.69, 9.17) is 9.47 Å². The fourth-order valence-electron chi connectivity index (χ4n) is 3.21. The molecule has 0 saturated carbocycles. The molecule has 0 unspecified atom stereocenters. The summed E-state index contributed by atoms with van der Waals surface area (Å²) in [4.78, 5) is 26.8. The van der Waals surface area contributed by atoms with Crippen molar-refractivity contribution in [3.8, 4) is 11.5 Å². The fraction of sp³-hybridized carbons (Fsp3) is 0.500. The first kappa shape index (κ1) is 15.5. The molecule has 0 bridgehead atoms. The van der Waals surface area contributed by atoms with Gasteiger partial charge in [-0.1, -0.05) is 0 Å². The molecule has 2 aliphatic rings. The van der Waals surface area contributed by atoms with E-state index < -0.39 is 0 Å². The maximum atomic E-state index is 12.4. The number of hydrogen-bond acceptors (Lipinski definition) is 4. The van der Waals surface area contributed by atoms with Crippen molar-refractivity contribution in [1.82, 2.24) is 9.80 Å². The highest BCUT2D eigenvalue weighted by Gasteiger charge is 2.32.